The highest BCUT2D eigenvalue weighted by Crippen LogP contribution is 2.38. The molecule has 1 fully saturated rings. The maximum Gasteiger partial charge on any atom is 0.129 e. The van der Waals surface area contributed by atoms with Gasteiger partial charge in [-0.2, -0.15) is 0 Å². The molecule has 0 spiro atoms. The van der Waals surface area contributed by atoms with E-state index in [0.717, 1.165) is 66.9 Å². The maximum absolute atomic E-state index is 6.55. The van der Waals surface area contributed by atoms with Crippen LogP contribution in [-0.2, 0) is 19.3 Å². The monoisotopic (exact) mass is 358 g/mol. The molecule has 0 amide bonds. The summed E-state index contributed by atoms with van der Waals surface area (Å²) >= 11 is 6.55. The first-order valence-corrected chi connectivity index (χ1v) is 10.2. The minimum Gasteiger partial charge on any atom is -0.490 e. The standard InChI is InChI=1S/C21H27ClN2O/c1-2-15-16-10-12-23-13-11-18(16)24-21-17(22)8-9-19(20(15)21)25-14-6-4-3-5-7-14/h8-9,14,23H,2-7,10-13H2,1H3. The highest BCUT2D eigenvalue weighted by molar-refractivity contribution is 6.35. The number of nitrogens with one attached hydrogen (secondary N) is 1. The number of aryl methyl sites for hydroxylation is 1. The second-order valence-electron chi connectivity index (χ2n) is 7.27. The van der Waals surface area contributed by atoms with Crippen LogP contribution in [0.25, 0.3) is 10.9 Å². The Morgan fingerprint density at radius 3 is 2.76 bits per heavy atom. The third-order valence-electron chi connectivity index (χ3n) is 5.64. The van der Waals surface area contributed by atoms with Gasteiger partial charge in [-0.15, -0.1) is 0 Å². The third kappa shape index (κ3) is 3.37. The number of nitrogens with zero attached hydrogens (tertiary/aromatic N) is 1. The van der Waals surface area contributed by atoms with Crippen molar-refractivity contribution in [3.63, 3.8) is 0 Å². The third-order valence-corrected chi connectivity index (χ3v) is 5.95. The number of rotatable bonds is 3. The van der Waals surface area contributed by atoms with E-state index >= 15 is 0 Å². The summed E-state index contributed by atoms with van der Waals surface area (Å²) in [4.78, 5) is 4.99. The van der Waals surface area contributed by atoms with Crippen molar-refractivity contribution in [1.82, 2.24) is 10.3 Å². The molecule has 4 heteroatoms. The fourth-order valence-electron chi connectivity index (χ4n) is 4.37. The van der Waals surface area contributed by atoms with Crippen molar-refractivity contribution in [2.45, 2.75) is 64.4 Å². The Morgan fingerprint density at radius 1 is 1.16 bits per heavy atom. The van der Waals surface area contributed by atoms with E-state index in [-0.39, 0.29) is 0 Å². The molecule has 2 heterocycles. The van der Waals surface area contributed by atoms with Gasteiger partial charge in [0.25, 0.3) is 0 Å². The number of halogens is 1. The second-order valence-corrected chi connectivity index (χ2v) is 7.67. The number of pyridine rings is 1. The molecule has 1 aromatic heterocycles. The average Bonchev–Trinajstić information content (AvgIpc) is 2.89. The molecule has 0 unspecified atom stereocenters. The van der Waals surface area contributed by atoms with Gasteiger partial charge in [0.1, 0.15) is 5.75 Å². The Morgan fingerprint density at radius 2 is 1.96 bits per heavy atom. The van der Waals surface area contributed by atoms with Crippen molar-refractivity contribution in [3.8, 4) is 5.75 Å². The smallest absolute Gasteiger partial charge is 0.129 e. The Bertz CT molecular complexity index is 768. The van der Waals surface area contributed by atoms with Crippen LogP contribution in [0.4, 0.5) is 0 Å². The van der Waals surface area contributed by atoms with Crippen LogP contribution in [0.15, 0.2) is 12.1 Å². The van der Waals surface area contributed by atoms with Crippen LogP contribution in [0.3, 0.4) is 0 Å². The number of benzene rings is 1. The van der Waals surface area contributed by atoms with Crippen LogP contribution in [0.2, 0.25) is 5.02 Å². The van der Waals surface area contributed by atoms with Crippen molar-refractivity contribution in [2.75, 3.05) is 13.1 Å². The molecule has 1 N–H and O–H groups in total. The first-order chi connectivity index (χ1) is 12.3. The summed E-state index contributed by atoms with van der Waals surface area (Å²) in [5, 5.41) is 5.38. The van der Waals surface area contributed by atoms with E-state index in [4.69, 9.17) is 21.3 Å². The SMILES string of the molecule is CCc1c2c(nc3c(Cl)ccc(OC4CCCCC4)c13)CCNCC2. The van der Waals surface area contributed by atoms with Crippen LogP contribution < -0.4 is 10.1 Å². The number of aromatic nitrogens is 1. The number of fused-ring (bicyclic) bond motifs is 2. The minimum atomic E-state index is 0.336. The zero-order chi connectivity index (χ0) is 17.2. The summed E-state index contributed by atoms with van der Waals surface area (Å²) in [5.74, 6) is 0.982. The van der Waals surface area contributed by atoms with Crippen LogP contribution in [0, 0.1) is 0 Å². The van der Waals surface area contributed by atoms with Crippen molar-refractivity contribution in [1.29, 1.82) is 0 Å². The van der Waals surface area contributed by atoms with Gasteiger partial charge in [0.2, 0.25) is 0 Å². The Labute approximate surface area is 155 Å². The van der Waals surface area contributed by atoms with E-state index < -0.39 is 0 Å². The first-order valence-electron chi connectivity index (χ1n) is 9.78. The summed E-state index contributed by atoms with van der Waals surface area (Å²) in [6, 6.07) is 4.01. The fourth-order valence-corrected chi connectivity index (χ4v) is 4.57. The van der Waals surface area contributed by atoms with Gasteiger partial charge in [0.05, 0.1) is 16.6 Å². The predicted octanol–water partition coefficient (Wildman–Crippen LogP) is 4.85. The molecule has 0 radical (unpaired) electrons. The van der Waals surface area contributed by atoms with Gasteiger partial charge in [-0.3, -0.25) is 4.98 Å². The van der Waals surface area contributed by atoms with Gasteiger partial charge < -0.3 is 10.1 Å². The van der Waals surface area contributed by atoms with E-state index in [0.29, 0.717) is 6.10 Å². The van der Waals surface area contributed by atoms with E-state index in [1.807, 2.05) is 6.07 Å². The molecular weight excluding hydrogens is 332 g/mol. The lowest BCUT2D eigenvalue weighted by Gasteiger charge is -2.25. The van der Waals surface area contributed by atoms with Gasteiger partial charge in [-0.25, -0.2) is 0 Å². The lowest BCUT2D eigenvalue weighted by atomic mass is 9.94. The van der Waals surface area contributed by atoms with E-state index in [2.05, 4.69) is 18.3 Å². The average molecular weight is 359 g/mol. The van der Waals surface area contributed by atoms with Crippen LogP contribution >= 0.6 is 11.6 Å². The molecule has 25 heavy (non-hydrogen) atoms. The molecule has 2 aromatic rings. The predicted molar refractivity (Wildman–Crippen MR) is 104 cm³/mol. The van der Waals surface area contributed by atoms with E-state index in [1.165, 1.54) is 36.1 Å². The highest BCUT2D eigenvalue weighted by atomic mass is 35.5. The van der Waals surface area contributed by atoms with Crippen molar-refractivity contribution >= 4 is 22.5 Å². The van der Waals surface area contributed by atoms with Gasteiger partial charge in [0.15, 0.2) is 0 Å². The summed E-state index contributed by atoms with van der Waals surface area (Å²) in [6.45, 7) is 4.25. The normalized spacial score (nSPS) is 18.8. The van der Waals surface area contributed by atoms with Crippen LogP contribution in [0.5, 0.6) is 5.75 Å². The van der Waals surface area contributed by atoms with Gasteiger partial charge in [-0.05, 0) is 68.3 Å². The number of ether oxygens (including phenoxy) is 1. The molecule has 2 aliphatic rings. The van der Waals surface area contributed by atoms with E-state index in [1.54, 1.807) is 0 Å². The molecule has 0 bridgehead atoms. The van der Waals surface area contributed by atoms with Crippen LogP contribution in [0.1, 0.15) is 55.8 Å². The minimum absolute atomic E-state index is 0.336. The summed E-state index contributed by atoms with van der Waals surface area (Å²) in [5.41, 5.74) is 4.94. The lowest BCUT2D eigenvalue weighted by Crippen LogP contribution is -2.20. The Hall–Kier alpha value is -1.32. The van der Waals surface area contributed by atoms with Crippen LogP contribution in [-0.4, -0.2) is 24.2 Å². The quantitative estimate of drug-likeness (QED) is 0.851. The molecule has 3 nitrogen and oxygen atoms in total. The van der Waals surface area contributed by atoms with Crippen molar-refractivity contribution in [2.24, 2.45) is 0 Å². The van der Waals surface area contributed by atoms with Crippen molar-refractivity contribution < 1.29 is 4.74 Å². The van der Waals surface area contributed by atoms with Gasteiger partial charge in [-0.1, -0.05) is 24.9 Å². The summed E-state index contributed by atoms with van der Waals surface area (Å²) in [7, 11) is 0. The fraction of sp³-hybridized carbons (Fsp3) is 0.571. The molecule has 1 aliphatic heterocycles. The summed E-state index contributed by atoms with van der Waals surface area (Å²) < 4.78 is 6.47. The molecule has 0 atom stereocenters. The maximum atomic E-state index is 6.55. The molecule has 0 saturated heterocycles. The number of hydrogen-bond acceptors (Lipinski definition) is 3. The highest BCUT2D eigenvalue weighted by Gasteiger charge is 2.22. The first kappa shape index (κ1) is 17.1. The molecule has 134 valence electrons. The molecular formula is C21H27ClN2O. The van der Waals surface area contributed by atoms with Gasteiger partial charge >= 0.3 is 0 Å². The Kier molecular flexibility index (Phi) is 5.14. The van der Waals surface area contributed by atoms with E-state index in [9.17, 15) is 0 Å². The lowest BCUT2D eigenvalue weighted by molar-refractivity contribution is 0.157. The van der Waals surface area contributed by atoms with Gasteiger partial charge in [0, 0.05) is 24.0 Å². The molecule has 1 aromatic carbocycles. The summed E-state index contributed by atoms with van der Waals surface area (Å²) in [6.07, 6.45) is 9.54. The topological polar surface area (TPSA) is 34.1 Å². The second kappa shape index (κ2) is 7.51. The molecule has 1 aliphatic carbocycles. The Balaban J connectivity index is 1.85. The largest absolute Gasteiger partial charge is 0.490 e. The zero-order valence-electron chi connectivity index (χ0n) is 15.0. The zero-order valence-corrected chi connectivity index (χ0v) is 15.8. The number of hydrogen-bond donors (Lipinski definition) is 1. The molecule has 1 saturated carbocycles. The molecule has 4 rings (SSSR count). The van der Waals surface area contributed by atoms with Crippen molar-refractivity contribution in [3.05, 3.63) is 34.0 Å².